The van der Waals surface area contributed by atoms with E-state index in [4.69, 9.17) is 4.74 Å². The van der Waals surface area contributed by atoms with Gasteiger partial charge in [0.2, 0.25) is 5.92 Å². The number of anilines is 1. The summed E-state index contributed by atoms with van der Waals surface area (Å²) < 4.78 is 61.5. The van der Waals surface area contributed by atoms with Crippen molar-refractivity contribution in [1.82, 2.24) is 15.0 Å². The maximum atomic E-state index is 14.7. The number of methoxy groups -OCH3 is 1. The van der Waals surface area contributed by atoms with Crippen molar-refractivity contribution in [3.8, 4) is 17.1 Å². The molecular formula is C24H22F4N4O2. The highest BCUT2D eigenvalue weighted by Gasteiger charge is 2.41. The highest BCUT2D eigenvalue weighted by molar-refractivity contribution is 6.06. The summed E-state index contributed by atoms with van der Waals surface area (Å²) in [6.45, 7) is 1.69. The third kappa shape index (κ3) is 4.85. The second kappa shape index (κ2) is 9.36. The monoisotopic (exact) mass is 474 g/mol. The number of amides is 1. The van der Waals surface area contributed by atoms with Gasteiger partial charge in [0, 0.05) is 48.5 Å². The standard InChI is InChI=1S/C24H22F4N4O2/c1-13-10-24(27,28)7-5-16(13)20-21(32-22(33)14-11-30-23(34-2)31-12-14)17(6-8-29-20)18-9-15(25)3-4-19(18)26/h3-4,6,8-9,11-13,16H,5,7,10H2,1-2H3,(H,32,33). The number of nitrogens with one attached hydrogen (secondary N) is 1. The minimum atomic E-state index is -2.79. The first kappa shape index (κ1) is 23.6. The van der Waals surface area contributed by atoms with Crippen LogP contribution in [-0.2, 0) is 0 Å². The summed E-state index contributed by atoms with van der Waals surface area (Å²) in [7, 11) is 1.38. The topological polar surface area (TPSA) is 77.0 Å². The summed E-state index contributed by atoms with van der Waals surface area (Å²) in [6.07, 6.45) is 3.37. The van der Waals surface area contributed by atoms with Gasteiger partial charge < -0.3 is 10.1 Å². The van der Waals surface area contributed by atoms with Crippen LogP contribution in [-0.4, -0.2) is 33.9 Å². The maximum Gasteiger partial charge on any atom is 0.316 e. The number of carbonyl (C=O) groups is 1. The molecule has 0 bridgehead atoms. The van der Waals surface area contributed by atoms with Gasteiger partial charge in [0.25, 0.3) is 5.91 Å². The van der Waals surface area contributed by atoms with Crippen LogP contribution in [0.1, 0.15) is 48.2 Å². The molecule has 1 saturated carbocycles. The second-order valence-electron chi connectivity index (χ2n) is 8.34. The summed E-state index contributed by atoms with van der Waals surface area (Å²) in [5, 5.41) is 2.72. The largest absolute Gasteiger partial charge is 0.467 e. The van der Waals surface area contributed by atoms with E-state index >= 15 is 0 Å². The Morgan fingerprint density at radius 3 is 2.53 bits per heavy atom. The quantitative estimate of drug-likeness (QED) is 0.486. The minimum absolute atomic E-state index is 0.0677. The van der Waals surface area contributed by atoms with Gasteiger partial charge in [0.05, 0.1) is 24.1 Å². The van der Waals surface area contributed by atoms with Crippen LogP contribution in [0.25, 0.3) is 11.1 Å². The smallest absolute Gasteiger partial charge is 0.316 e. The molecule has 3 aromatic rings. The van der Waals surface area contributed by atoms with E-state index in [2.05, 4.69) is 20.3 Å². The normalized spacial score (nSPS) is 19.5. The number of nitrogens with zero attached hydrogens (tertiary/aromatic N) is 3. The van der Waals surface area contributed by atoms with Gasteiger partial charge >= 0.3 is 6.01 Å². The van der Waals surface area contributed by atoms with Crippen molar-refractivity contribution < 1.29 is 27.1 Å². The Morgan fingerprint density at radius 2 is 1.85 bits per heavy atom. The molecule has 2 atom stereocenters. The number of hydrogen-bond acceptors (Lipinski definition) is 5. The van der Waals surface area contributed by atoms with Crippen molar-refractivity contribution in [3.05, 3.63) is 65.7 Å². The molecule has 0 radical (unpaired) electrons. The molecule has 0 saturated heterocycles. The number of halogens is 4. The number of pyridine rings is 1. The zero-order chi connectivity index (χ0) is 24.5. The van der Waals surface area contributed by atoms with Gasteiger partial charge in [-0.2, -0.15) is 0 Å². The molecular weight excluding hydrogens is 452 g/mol. The highest BCUT2D eigenvalue weighted by Crippen LogP contribution is 2.47. The molecule has 1 aliphatic carbocycles. The van der Waals surface area contributed by atoms with Crippen molar-refractivity contribution in [3.63, 3.8) is 0 Å². The van der Waals surface area contributed by atoms with E-state index in [9.17, 15) is 22.4 Å². The lowest BCUT2D eigenvalue weighted by Crippen LogP contribution is -2.31. The molecule has 1 N–H and O–H groups in total. The van der Waals surface area contributed by atoms with Gasteiger partial charge in [0.1, 0.15) is 11.6 Å². The summed E-state index contributed by atoms with van der Waals surface area (Å²) in [6, 6.07) is 4.50. The van der Waals surface area contributed by atoms with Gasteiger partial charge in [-0.1, -0.05) is 6.92 Å². The molecule has 1 fully saturated rings. The molecule has 2 aromatic heterocycles. The Hall–Kier alpha value is -3.56. The Morgan fingerprint density at radius 1 is 1.12 bits per heavy atom. The molecule has 178 valence electrons. The van der Waals surface area contributed by atoms with Crippen LogP contribution in [0.5, 0.6) is 6.01 Å². The van der Waals surface area contributed by atoms with E-state index in [-0.39, 0.29) is 47.7 Å². The molecule has 2 heterocycles. The minimum Gasteiger partial charge on any atom is -0.467 e. The van der Waals surface area contributed by atoms with Gasteiger partial charge in [-0.3, -0.25) is 9.78 Å². The second-order valence-corrected chi connectivity index (χ2v) is 8.34. The first-order valence-corrected chi connectivity index (χ1v) is 10.7. The fourth-order valence-corrected chi connectivity index (χ4v) is 4.32. The Balaban J connectivity index is 1.80. The molecule has 0 spiro atoms. The predicted molar refractivity (Wildman–Crippen MR) is 117 cm³/mol. The summed E-state index contributed by atoms with van der Waals surface area (Å²) in [4.78, 5) is 25.2. The fourth-order valence-electron chi connectivity index (χ4n) is 4.32. The fraction of sp³-hybridized carbons (Fsp3) is 0.333. The molecule has 1 aliphatic rings. The van der Waals surface area contributed by atoms with Crippen LogP contribution in [0, 0.1) is 17.6 Å². The number of alkyl halides is 2. The maximum absolute atomic E-state index is 14.7. The molecule has 0 aliphatic heterocycles. The number of aromatic nitrogens is 3. The number of carbonyl (C=O) groups excluding carboxylic acids is 1. The first-order chi connectivity index (χ1) is 16.2. The molecule has 2 unspecified atom stereocenters. The van der Waals surface area contributed by atoms with Crippen LogP contribution in [0.2, 0.25) is 0 Å². The SMILES string of the molecule is COc1ncc(C(=O)Nc2c(-c3cc(F)ccc3F)ccnc2C2CCC(F)(F)CC2C)cn1. The van der Waals surface area contributed by atoms with Crippen molar-refractivity contribution in [2.24, 2.45) is 5.92 Å². The van der Waals surface area contributed by atoms with Crippen molar-refractivity contribution in [2.75, 3.05) is 12.4 Å². The average Bonchev–Trinajstić information content (AvgIpc) is 2.80. The van der Waals surface area contributed by atoms with Gasteiger partial charge in [0.15, 0.2) is 0 Å². The summed E-state index contributed by atoms with van der Waals surface area (Å²) >= 11 is 0. The van der Waals surface area contributed by atoms with E-state index in [0.29, 0.717) is 5.69 Å². The summed E-state index contributed by atoms with van der Waals surface area (Å²) in [5.74, 6) is -5.65. The van der Waals surface area contributed by atoms with Crippen LogP contribution >= 0.6 is 0 Å². The molecule has 34 heavy (non-hydrogen) atoms. The van der Waals surface area contributed by atoms with E-state index in [1.54, 1.807) is 6.92 Å². The summed E-state index contributed by atoms with van der Waals surface area (Å²) in [5.41, 5.74) is 0.666. The molecule has 6 nitrogen and oxygen atoms in total. The van der Waals surface area contributed by atoms with Gasteiger partial charge in [-0.05, 0) is 36.6 Å². The van der Waals surface area contributed by atoms with E-state index < -0.39 is 35.3 Å². The van der Waals surface area contributed by atoms with Crippen molar-refractivity contribution in [1.29, 1.82) is 0 Å². The van der Waals surface area contributed by atoms with Crippen LogP contribution in [0.15, 0.2) is 42.9 Å². The molecule has 1 amide bonds. The van der Waals surface area contributed by atoms with Gasteiger partial charge in [-0.25, -0.2) is 27.5 Å². The zero-order valence-electron chi connectivity index (χ0n) is 18.5. The number of benzene rings is 1. The van der Waals surface area contributed by atoms with Crippen molar-refractivity contribution in [2.45, 2.75) is 38.0 Å². The van der Waals surface area contributed by atoms with E-state index in [0.717, 1.165) is 18.2 Å². The Labute approximate surface area is 193 Å². The lowest BCUT2D eigenvalue weighted by atomic mass is 9.75. The number of ether oxygens (including phenoxy) is 1. The number of rotatable bonds is 5. The van der Waals surface area contributed by atoms with E-state index in [1.165, 1.54) is 31.8 Å². The zero-order valence-corrected chi connectivity index (χ0v) is 18.5. The lowest BCUT2D eigenvalue weighted by molar-refractivity contribution is -0.0558. The lowest BCUT2D eigenvalue weighted by Gasteiger charge is -2.34. The van der Waals surface area contributed by atoms with E-state index in [1.807, 2.05) is 0 Å². The molecule has 4 rings (SSSR count). The third-order valence-corrected chi connectivity index (χ3v) is 5.99. The van der Waals surface area contributed by atoms with Crippen LogP contribution < -0.4 is 10.1 Å². The Kier molecular flexibility index (Phi) is 6.49. The third-order valence-electron chi connectivity index (χ3n) is 5.99. The highest BCUT2D eigenvalue weighted by atomic mass is 19.3. The average molecular weight is 474 g/mol. The van der Waals surface area contributed by atoms with Crippen molar-refractivity contribution >= 4 is 11.6 Å². The van der Waals surface area contributed by atoms with Gasteiger partial charge in [-0.15, -0.1) is 0 Å². The Bertz CT molecular complexity index is 1200. The number of hydrogen-bond donors (Lipinski definition) is 1. The van der Waals surface area contributed by atoms with Crippen LogP contribution in [0.4, 0.5) is 23.2 Å². The predicted octanol–water partition coefficient (Wildman–Crippen LogP) is 5.62. The molecule has 10 heteroatoms. The first-order valence-electron chi connectivity index (χ1n) is 10.7. The molecule has 1 aromatic carbocycles. The van der Waals surface area contributed by atoms with Crippen LogP contribution in [0.3, 0.4) is 0 Å².